The van der Waals surface area contributed by atoms with Crippen LogP contribution in [0.25, 0.3) is 0 Å². The van der Waals surface area contributed by atoms with E-state index in [9.17, 15) is 5.11 Å². The highest BCUT2D eigenvalue weighted by molar-refractivity contribution is 5.16. The molecule has 1 aromatic rings. The van der Waals surface area contributed by atoms with E-state index in [0.29, 0.717) is 0 Å². The van der Waals surface area contributed by atoms with Gasteiger partial charge in [0.15, 0.2) is 0 Å². The first-order valence-corrected chi connectivity index (χ1v) is 3.61. The first-order chi connectivity index (χ1) is 5.22. The molecule has 0 unspecified atom stereocenters. The Balaban J connectivity index is 2.77. The van der Waals surface area contributed by atoms with Gasteiger partial charge in [0.1, 0.15) is 6.23 Å². The number of hydrogen-bond donors (Lipinski definition) is 1. The molecule has 0 bridgehead atoms. The minimum atomic E-state index is -0.490. The van der Waals surface area contributed by atoms with Crippen molar-refractivity contribution in [2.75, 3.05) is 14.1 Å². The van der Waals surface area contributed by atoms with E-state index in [2.05, 4.69) is 0 Å². The van der Waals surface area contributed by atoms with Crippen LogP contribution in [0.15, 0.2) is 30.3 Å². The fourth-order valence-corrected chi connectivity index (χ4v) is 0.923. The second-order valence-corrected chi connectivity index (χ2v) is 2.75. The van der Waals surface area contributed by atoms with Crippen LogP contribution in [0.5, 0.6) is 0 Å². The average Bonchev–Trinajstić information content (AvgIpc) is 2.05. The van der Waals surface area contributed by atoms with Gasteiger partial charge < -0.3 is 5.11 Å². The lowest BCUT2D eigenvalue weighted by atomic mass is 10.2. The monoisotopic (exact) mass is 151 g/mol. The van der Waals surface area contributed by atoms with Crippen LogP contribution in [0, 0.1) is 0 Å². The third kappa shape index (κ3) is 2.03. The van der Waals surface area contributed by atoms with Gasteiger partial charge in [0.2, 0.25) is 0 Å². The van der Waals surface area contributed by atoms with Crippen molar-refractivity contribution in [2.24, 2.45) is 0 Å². The van der Waals surface area contributed by atoms with E-state index in [-0.39, 0.29) is 0 Å². The molecule has 2 nitrogen and oxygen atoms in total. The molecule has 0 saturated carbocycles. The van der Waals surface area contributed by atoms with Gasteiger partial charge in [-0.05, 0) is 19.7 Å². The van der Waals surface area contributed by atoms with E-state index in [1.54, 1.807) is 4.90 Å². The largest absolute Gasteiger partial charge is 0.374 e. The Kier molecular flexibility index (Phi) is 2.63. The standard InChI is InChI=1S/C9H13NO/c1-10(2)9(11)8-6-4-3-5-7-8/h3-7,9,11H,1-2H3/t9-/m1/s1. The van der Waals surface area contributed by atoms with Crippen LogP contribution in [0.4, 0.5) is 0 Å². The molecule has 0 aliphatic heterocycles. The van der Waals surface area contributed by atoms with Gasteiger partial charge in [-0.25, -0.2) is 0 Å². The molecule has 1 aromatic carbocycles. The van der Waals surface area contributed by atoms with E-state index >= 15 is 0 Å². The Morgan fingerprint density at radius 3 is 2.18 bits per heavy atom. The lowest BCUT2D eigenvalue weighted by molar-refractivity contribution is 0.0395. The normalized spacial score (nSPS) is 13.5. The molecule has 0 heterocycles. The highest BCUT2D eigenvalue weighted by Gasteiger charge is 2.07. The average molecular weight is 151 g/mol. The van der Waals surface area contributed by atoms with Crippen molar-refractivity contribution in [3.8, 4) is 0 Å². The van der Waals surface area contributed by atoms with Gasteiger partial charge in [-0.1, -0.05) is 30.3 Å². The van der Waals surface area contributed by atoms with Crippen LogP contribution in [0.1, 0.15) is 11.8 Å². The molecule has 1 atom stereocenters. The minimum Gasteiger partial charge on any atom is -0.374 e. The summed E-state index contributed by atoms with van der Waals surface area (Å²) in [5.41, 5.74) is 0.928. The highest BCUT2D eigenvalue weighted by Crippen LogP contribution is 2.12. The molecule has 0 aliphatic carbocycles. The summed E-state index contributed by atoms with van der Waals surface area (Å²) in [6.45, 7) is 0. The van der Waals surface area contributed by atoms with Crippen molar-refractivity contribution >= 4 is 0 Å². The van der Waals surface area contributed by atoms with Crippen LogP contribution < -0.4 is 0 Å². The smallest absolute Gasteiger partial charge is 0.133 e. The van der Waals surface area contributed by atoms with Crippen LogP contribution in [-0.2, 0) is 0 Å². The number of hydrogen-bond acceptors (Lipinski definition) is 2. The Bertz CT molecular complexity index is 208. The van der Waals surface area contributed by atoms with Gasteiger partial charge in [-0.15, -0.1) is 0 Å². The van der Waals surface area contributed by atoms with E-state index in [0.717, 1.165) is 5.56 Å². The van der Waals surface area contributed by atoms with Crippen molar-refractivity contribution < 1.29 is 5.11 Å². The molecule has 0 aliphatic rings. The van der Waals surface area contributed by atoms with Crippen LogP contribution in [-0.4, -0.2) is 24.1 Å². The van der Waals surface area contributed by atoms with Crippen LogP contribution in [0.2, 0.25) is 0 Å². The number of aliphatic hydroxyl groups is 1. The van der Waals surface area contributed by atoms with Gasteiger partial charge >= 0.3 is 0 Å². The fourth-order valence-electron chi connectivity index (χ4n) is 0.923. The summed E-state index contributed by atoms with van der Waals surface area (Å²) < 4.78 is 0. The molecule has 60 valence electrons. The van der Waals surface area contributed by atoms with Crippen molar-refractivity contribution in [3.63, 3.8) is 0 Å². The number of rotatable bonds is 2. The Labute approximate surface area is 67.1 Å². The van der Waals surface area contributed by atoms with Gasteiger partial charge in [-0.3, -0.25) is 4.90 Å². The summed E-state index contributed by atoms with van der Waals surface area (Å²) in [6, 6.07) is 9.59. The van der Waals surface area contributed by atoms with Crippen molar-refractivity contribution in [1.29, 1.82) is 0 Å². The molecule has 1 rings (SSSR count). The lowest BCUT2D eigenvalue weighted by Crippen LogP contribution is -2.18. The molecule has 0 spiro atoms. The second kappa shape index (κ2) is 3.51. The zero-order chi connectivity index (χ0) is 8.27. The molecule has 1 N–H and O–H groups in total. The second-order valence-electron chi connectivity index (χ2n) is 2.75. The molecule has 0 aromatic heterocycles. The SMILES string of the molecule is CN(C)[C@H](O)c1ccccc1. The molecule has 0 fully saturated rings. The van der Waals surface area contributed by atoms with Gasteiger partial charge in [0.25, 0.3) is 0 Å². The topological polar surface area (TPSA) is 23.5 Å². The molecule has 11 heavy (non-hydrogen) atoms. The van der Waals surface area contributed by atoms with Crippen molar-refractivity contribution in [3.05, 3.63) is 35.9 Å². The summed E-state index contributed by atoms with van der Waals surface area (Å²) in [6.07, 6.45) is -0.490. The van der Waals surface area contributed by atoms with Crippen LogP contribution >= 0.6 is 0 Å². The molecule has 0 saturated heterocycles. The quantitative estimate of drug-likeness (QED) is 0.643. The molecule has 2 heteroatoms. The minimum absolute atomic E-state index is 0.490. The molecule has 0 amide bonds. The Morgan fingerprint density at radius 2 is 1.73 bits per heavy atom. The van der Waals surface area contributed by atoms with E-state index in [4.69, 9.17) is 0 Å². The fraction of sp³-hybridized carbons (Fsp3) is 0.333. The maximum absolute atomic E-state index is 9.52. The Morgan fingerprint density at radius 1 is 1.18 bits per heavy atom. The summed E-state index contributed by atoms with van der Waals surface area (Å²) in [5.74, 6) is 0. The summed E-state index contributed by atoms with van der Waals surface area (Å²) in [5, 5.41) is 9.52. The third-order valence-electron chi connectivity index (χ3n) is 1.59. The summed E-state index contributed by atoms with van der Waals surface area (Å²) >= 11 is 0. The van der Waals surface area contributed by atoms with E-state index < -0.39 is 6.23 Å². The number of nitrogens with zero attached hydrogens (tertiary/aromatic N) is 1. The highest BCUT2D eigenvalue weighted by atomic mass is 16.3. The lowest BCUT2D eigenvalue weighted by Gasteiger charge is -2.18. The van der Waals surface area contributed by atoms with E-state index in [1.165, 1.54) is 0 Å². The molecular weight excluding hydrogens is 138 g/mol. The number of aliphatic hydroxyl groups excluding tert-OH is 1. The van der Waals surface area contributed by atoms with Gasteiger partial charge in [0, 0.05) is 0 Å². The Hall–Kier alpha value is -0.860. The van der Waals surface area contributed by atoms with Crippen LogP contribution in [0.3, 0.4) is 0 Å². The third-order valence-corrected chi connectivity index (χ3v) is 1.59. The zero-order valence-electron chi connectivity index (χ0n) is 6.86. The first-order valence-electron chi connectivity index (χ1n) is 3.61. The summed E-state index contributed by atoms with van der Waals surface area (Å²) in [7, 11) is 3.69. The first kappa shape index (κ1) is 8.24. The molecule has 0 radical (unpaired) electrons. The van der Waals surface area contributed by atoms with E-state index in [1.807, 2.05) is 44.4 Å². The zero-order valence-corrected chi connectivity index (χ0v) is 6.86. The maximum Gasteiger partial charge on any atom is 0.133 e. The van der Waals surface area contributed by atoms with Crippen molar-refractivity contribution in [1.82, 2.24) is 4.90 Å². The number of benzene rings is 1. The predicted octanol–water partition coefficient (Wildman–Crippen LogP) is 1.24. The van der Waals surface area contributed by atoms with Gasteiger partial charge in [0.05, 0.1) is 0 Å². The predicted molar refractivity (Wildman–Crippen MR) is 45.1 cm³/mol. The van der Waals surface area contributed by atoms with Crippen molar-refractivity contribution in [2.45, 2.75) is 6.23 Å². The van der Waals surface area contributed by atoms with Gasteiger partial charge in [-0.2, -0.15) is 0 Å². The summed E-state index contributed by atoms with van der Waals surface area (Å²) in [4.78, 5) is 1.76. The molecular formula is C9H13NO. The maximum atomic E-state index is 9.52.